The van der Waals surface area contributed by atoms with Crippen LogP contribution < -0.4 is 5.32 Å². The van der Waals surface area contributed by atoms with Gasteiger partial charge in [0.2, 0.25) is 5.91 Å². The SMILES string of the molecule is O=C(NC1=NCCS1)[C@@H]1CCCN(C2=NS(=O)(=O)c3ccccc32)C1. The molecule has 0 aliphatic carbocycles. The van der Waals surface area contributed by atoms with Crippen LogP contribution in [0.4, 0.5) is 0 Å². The van der Waals surface area contributed by atoms with E-state index in [1.807, 2.05) is 4.90 Å². The van der Waals surface area contributed by atoms with Gasteiger partial charge in [0.25, 0.3) is 10.0 Å². The summed E-state index contributed by atoms with van der Waals surface area (Å²) in [6, 6.07) is 6.84. The Balaban J connectivity index is 1.53. The molecule has 1 N–H and O–H groups in total. The first-order chi connectivity index (χ1) is 12.0. The number of benzene rings is 1. The molecule has 3 aliphatic rings. The molecule has 0 bridgehead atoms. The Bertz CT molecular complexity index is 879. The van der Waals surface area contributed by atoms with Gasteiger partial charge in [-0.2, -0.15) is 8.42 Å². The van der Waals surface area contributed by atoms with Gasteiger partial charge in [0.1, 0.15) is 4.90 Å². The van der Waals surface area contributed by atoms with Crippen LogP contribution in [0.3, 0.4) is 0 Å². The number of nitrogens with zero attached hydrogens (tertiary/aromatic N) is 3. The fraction of sp³-hybridized carbons (Fsp3) is 0.438. The highest BCUT2D eigenvalue weighted by atomic mass is 32.2. The van der Waals surface area contributed by atoms with Gasteiger partial charge in [-0.25, -0.2) is 0 Å². The van der Waals surface area contributed by atoms with E-state index in [4.69, 9.17) is 0 Å². The number of amides is 1. The molecule has 0 spiro atoms. The Kier molecular flexibility index (Phi) is 4.28. The van der Waals surface area contributed by atoms with E-state index in [0.29, 0.717) is 29.7 Å². The Morgan fingerprint density at radius 2 is 2.16 bits per heavy atom. The summed E-state index contributed by atoms with van der Waals surface area (Å²) in [5.74, 6) is 1.11. The van der Waals surface area contributed by atoms with Gasteiger partial charge in [0.05, 0.1) is 12.5 Å². The lowest BCUT2D eigenvalue weighted by atomic mass is 9.96. The van der Waals surface area contributed by atoms with Gasteiger partial charge in [-0.05, 0) is 25.0 Å². The average molecular weight is 378 g/mol. The Labute approximate surface area is 150 Å². The number of nitrogens with one attached hydrogen (secondary N) is 1. The number of hydrogen-bond acceptors (Lipinski definition) is 6. The van der Waals surface area contributed by atoms with Crippen molar-refractivity contribution in [1.82, 2.24) is 10.2 Å². The van der Waals surface area contributed by atoms with Crippen LogP contribution in [0.15, 0.2) is 38.6 Å². The minimum Gasteiger partial charge on any atom is -0.355 e. The molecule has 1 amide bonds. The lowest BCUT2D eigenvalue weighted by Gasteiger charge is -2.33. The number of thioether (sulfide) groups is 1. The number of aliphatic imine (C=N–C) groups is 1. The van der Waals surface area contributed by atoms with Gasteiger partial charge >= 0.3 is 0 Å². The first-order valence-electron chi connectivity index (χ1n) is 8.22. The summed E-state index contributed by atoms with van der Waals surface area (Å²) in [6.45, 7) is 1.90. The molecule has 1 aromatic carbocycles. The zero-order chi connectivity index (χ0) is 17.4. The van der Waals surface area contributed by atoms with Crippen molar-refractivity contribution in [3.8, 4) is 0 Å². The van der Waals surface area contributed by atoms with Crippen LogP contribution in [0, 0.1) is 5.92 Å². The molecule has 3 heterocycles. The molecule has 7 nitrogen and oxygen atoms in total. The number of likely N-dealkylation sites (tertiary alicyclic amines) is 1. The number of hydrogen-bond donors (Lipinski definition) is 1. The van der Waals surface area contributed by atoms with E-state index in [1.165, 1.54) is 0 Å². The maximum atomic E-state index is 12.5. The number of piperidine rings is 1. The molecular weight excluding hydrogens is 360 g/mol. The second-order valence-electron chi connectivity index (χ2n) is 6.20. The Hall–Kier alpha value is -1.87. The van der Waals surface area contributed by atoms with E-state index in [9.17, 15) is 13.2 Å². The average Bonchev–Trinajstić information content (AvgIpc) is 3.21. The third kappa shape index (κ3) is 3.18. The van der Waals surface area contributed by atoms with Gasteiger partial charge < -0.3 is 10.2 Å². The third-order valence-electron chi connectivity index (χ3n) is 4.52. The molecule has 0 aromatic heterocycles. The van der Waals surface area contributed by atoms with Crippen molar-refractivity contribution in [3.63, 3.8) is 0 Å². The van der Waals surface area contributed by atoms with E-state index < -0.39 is 10.0 Å². The summed E-state index contributed by atoms with van der Waals surface area (Å²) in [5.41, 5.74) is 0.624. The van der Waals surface area contributed by atoms with E-state index in [0.717, 1.165) is 25.1 Å². The zero-order valence-electron chi connectivity index (χ0n) is 13.5. The zero-order valence-corrected chi connectivity index (χ0v) is 15.1. The molecule has 132 valence electrons. The highest BCUT2D eigenvalue weighted by Gasteiger charge is 2.35. The molecule has 4 rings (SSSR count). The number of fused-ring (bicyclic) bond motifs is 1. The van der Waals surface area contributed by atoms with Gasteiger partial charge in [-0.15, -0.1) is 4.40 Å². The molecule has 1 fully saturated rings. The van der Waals surface area contributed by atoms with Crippen molar-refractivity contribution in [2.75, 3.05) is 25.4 Å². The molecule has 9 heteroatoms. The van der Waals surface area contributed by atoms with Crippen molar-refractivity contribution in [1.29, 1.82) is 0 Å². The number of carbonyl (C=O) groups is 1. The van der Waals surface area contributed by atoms with Crippen LogP contribution in [-0.4, -0.2) is 55.6 Å². The lowest BCUT2D eigenvalue weighted by molar-refractivity contribution is -0.124. The largest absolute Gasteiger partial charge is 0.355 e. The third-order valence-corrected chi connectivity index (χ3v) is 6.74. The Morgan fingerprint density at radius 3 is 2.96 bits per heavy atom. The predicted molar refractivity (Wildman–Crippen MR) is 97.4 cm³/mol. The first kappa shape index (κ1) is 16.6. The quantitative estimate of drug-likeness (QED) is 0.789. The van der Waals surface area contributed by atoms with Crippen molar-refractivity contribution in [2.45, 2.75) is 17.7 Å². The smallest absolute Gasteiger partial charge is 0.285 e. The van der Waals surface area contributed by atoms with Gasteiger partial charge in [-0.1, -0.05) is 23.9 Å². The second kappa shape index (κ2) is 6.45. The maximum absolute atomic E-state index is 12.5. The van der Waals surface area contributed by atoms with E-state index in [1.54, 1.807) is 36.0 Å². The second-order valence-corrected chi connectivity index (χ2v) is 8.85. The van der Waals surface area contributed by atoms with Crippen LogP contribution in [0.2, 0.25) is 0 Å². The topological polar surface area (TPSA) is 91.2 Å². The molecule has 1 atom stereocenters. The van der Waals surface area contributed by atoms with Crippen LogP contribution in [-0.2, 0) is 14.8 Å². The summed E-state index contributed by atoms with van der Waals surface area (Å²) in [6.07, 6.45) is 1.60. The van der Waals surface area contributed by atoms with Gasteiger partial charge in [0.15, 0.2) is 11.0 Å². The molecule has 0 unspecified atom stereocenters. The van der Waals surface area contributed by atoms with E-state index in [2.05, 4.69) is 14.7 Å². The number of sulfonamides is 1. The number of rotatable bonds is 1. The maximum Gasteiger partial charge on any atom is 0.285 e. The minimum atomic E-state index is -3.64. The Morgan fingerprint density at radius 1 is 1.32 bits per heavy atom. The first-order valence-corrected chi connectivity index (χ1v) is 10.6. The molecular formula is C16H18N4O3S2. The molecule has 0 radical (unpaired) electrons. The normalized spacial score (nSPS) is 24.5. The summed E-state index contributed by atoms with van der Waals surface area (Å²) in [5, 5.41) is 3.57. The standard InChI is InChI=1S/C16H18N4O3S2/c21-15(18-16-17-7-9-24-16)11-4-3-8-20(10-11)14-12-5-1-2-6-13(12)25(22,23)19-14/h1-2,5-6,11H,3-4,7-10H2,(H,17,18,21)/t11-/m1/s1. The minimum absolute atomic E-state index is 0.0485. The molecule has 1 aromatic rings. The number of carbonyl (C=O) groups excluding carboxylic acids is 1. The van der Waals surface area contributed by atoms with Crippen LogP contribution in [0.1, 0.15) is 18.4 Å². The van der Waals surface area contributed by atoms with E-state index >= 15 is 0 Å². The summed E-state index contributed by atoms with van der Waals surface area (Å²) in [7, 11) is -3.64. The lowest BCUT2D eigenvalue weighted by Crippen LogP contribution is -2.46. The predicted octanol–water partition coefficient (Wildman–Crippen LogP) is 1.07. The van der Waals surface area contributed by atoms with Crippen molar-refractivity contribution < 1.29 is 13.2 Å². The fourth-order valence-corrected chi connectivity index (χ4v) is 5.28. The summed E-state index contributed by atoms with van der Waals surface area (Å²) < 4.78 is 28.4. The molecule has 0 saturated carbocycles. The molecule has 1 saturated heterocycles. The van der Waals surface area contributed by atoms with Crippen molar-refractivity contribution in [3.05, 3.63) is 29.8 Å². The summed E-state index contributed by atoms with van der Waals surface area (Å²) >= 11 is 1.55. The van der Waals surface area contributed by atoms with Crippen LogP contribution in [0.25, 0.3) is 0 Å². The van der Waals surface area contributed by atoms with Gasteiger partial charge in [0, 0.05) is 24.4 Å². The monoisotopic (exact) mass is 378 g/mol. The van der Waals surface area contributed by atoms with Crippen LogP contribution >= 0.6 is 11.8 Å². The molecule has 25 heavy (non-hydrogen) atoms. The van der Waals surface area contributed by atoms with Gasteiger partial charge in [-0.3, -0.25) is 9.79 Å². The van der Waals surface area contributed by atoms with Crippen molar-refractivity contribution in [2.24, 2.45) is 15.3 Å². The van der Waals surface area contributed by atoms with E-state index in [-0.39, 0.29) is 16.7 Å². The fourth-order valence-electron chi connectivity index (χ4n) is 3.32. The molecule has 3 aliphatic heterocycles. The van der Waals surface area contributed by atoms with Crippen LogP contribution in [0.5, 0.6) is 0 Å². The highest BCUT2D eigenvalue weighted by molar-refractivity contribution is 8.14. The number of amidine groups is 2. The highest BCUT2D eigenvalue weighted by Crippen LogP contribution is 2.29. The van der Waals surface area contributed by atoms with Crippen molar-refractivity contribution >= 4 is 38.7 Å². The summed E-state index contributed by atoms with van der Waals surface area (Å²) in [4.78, 5) is 18.9.